The van der Waals surface area contributed by atoms with E-state index in [1.165, 1.54) is 0 Å². The number of aromatic nitrogens is 1. The minimum atomic E-state index is -0.807. The molecule has 2 aromatic carbocycles. The van der Waals surface area contributed by atoms with Gasteiger partial charge in [0.1, 0.15) is 5.69 Å². The smallest absolute Gasteiger partial charge is 0.273 e. The highest BCUT2D eigenvalue weighted by atomic mass is 16.5. The molecule has 1 aliphatic heterocycles. The summed E-state index contributed by atoms with van der Waals surface area (Å²) >= 11 is 0. The zero-order chi connectivity index (χ0) is 21.4. The van der Waals surface area contributed by atoms with Gasteiger partial charge in [-0.3, -0.25) is 4.79 Å². The molecule has 0 saturated heterocycles. The Hall–Kier alpha value is -3.22. The molecule has 1 atom stereocenters. The Bertz CT molecular complexity index is 1090. The van der Waals surface area contributed by atoms with Gasteiger partial charge in [0, 0.05) is 29.4 Å². The highest BCUT2D eigenvalue weighted by Gasteiger charge is 2.38. The summed E-state index contributed by atoms with van der Waals surface area (Å²) < 4.78 is 6.05. The number of hydrogen-bond acceptors (Lipinski definition) is 5. The summed E-state index contributed by atoms with van der Waals surface area (Å²) in [5.41, 5.74) is 10.5. The normalized spacial score (nSPS) is 19.4. The number of benzene rings is 2. The van der Waals surface area contributed by atoms with Gasteiger partial charge in [0.05, 0.1) is 6.61 Å². The van der Waals surface area contributed by atoms with Crippen LogP contribution in [-0.4, -0.2) is 29.1 Å². The second kappa shape index (κ2) is 7.80. The molecule has 3 N–H and O–H groups in total. The van der Waals surface area contributed by atoms with E-state index in [1.54, 1.807) is 11.1 Å². The van der Waals surface area contributed by atoms with Gasteiger partial charge in [-0.15, -0.1) is 0 Å². The second-order valence-corrected chi connectivity index (χ2v) is 8.26. The molecule has 158 valence electrons. The number of hydrogen-bond donors (Lipinski definition) is 2. The third-order valence-electron chi connectivity index (χ3n) is 6.31. The summed E-state index contributed by atoms with van der Waals surface area (Å²) in [5, 5.41) is 9.60. The molecule has 1 aromatic heterocycles. The number of aliphatic hydroxyl groups is 1. The minimum absolute atomic E-state index is 0.151. The molecule has 1 aliphatic carbocycles. The van der Waals surface area contributed by atoms with E-state index < -0.39 is 6.10 Å². The van der Waals surface area contributed by atoms with Crippen molar-refractivity contribution in [2.75, 3.05) is 18.1 Å². The minimum Gasteiger partial charge on any atom is -0.458 e. The molecule has 1 unspecified atom stereocenters. The van der Waals surface area contributed by atoms with Gasteiger partial charge in [-0.1, -0.05) is 54.6 Å². The molecule has 5 rings (SSSR count). The van der Waals surface area contributed by atoms with Crippen molar-refractivity contribution in [1.82, 2.24) is 4.98 Å². The van der Waals surface area contributed by atoms with Gasteiger partial charge in [-0.2, -0.15) is 0 Å². The summed E-state index contributed by atoms with van der Waals surface area (Å²) in [6, 6.07) is 19.5. The zero-order valence-corrected chi connectivity index (χ0v) is 17.2. The van der Waals surface area contributed by atoms with Crippen LogP contribution in [-0.2, 0) is 10.3 Å². The van der Waals surface area contributed by atoms with E-state index in [9.17, 15) is 9.90 Å². The quantitative estimate of drug-likeness (QED) is 0.665. The van der Waals surface area contributed by atoms with Gasteiger partial charge in [-0.25, -0.2) is 4.98 Å². The second-order valence-electron chi connectivity index (χ2n) is 8.26. The van der Waals surface area contributed by atoms with E-state index >= 15 is 0 Å². The Morgan fingerprint density at radius 3 is 2.48 bits per heavy atom. The van der Waals surface area contributed by atoms with Crippen molar-refractivity contribution in [1.29, 1.82) is 0 Å². The summed E-state index contributed by atoms with van der Waals surface area (Å²) in [5.74, 6) is 0.170. The first-order valence-electron chi connectivity index (χ1n) is 10.6. The summed E-state index contributed by atoms with van der Waals surface area (Å²) in [6.45, 7) is 0.0255. The Morgan fingerprint density at radius 1 is 1.10 bits per heavy atom. The van der Waals surface area contributed by atoms with Gasteiger partial charge >= 0.3 is 0 Å². The molecule has 6 heteroatoms. The molecule has 2 heterocycles. The van der Waals surface area contributed by atoms with Crippen LogP contribution in [0, 0.1) is 0 Å². The molecule has 0 bridgehead atoms. The fourth-order valence-electron chi connectivity index (χ4n) is 4.31. The van der Waals surface area contributed by atoms with E-state index in [0.717, 1.165) is 41.5 Å². The lowest BCUT2D eigenvalue weighted by Crippen LogP contribution is -2.44. The van der Waals surface area contributed by atoms with Crippen LogP contribution in [0.4, 0.5) is 5.69 Å². The molecular formula is C25H25N3O3. The van der Waals surface area contributed by atoms with E-state index in [0.29, 0.717) is 11.6 Å². The topological polar surface area (TPSA) is 88.7 Å². The fraction of sp³-hybridized carbons (Fsp3) is 0.280. The number of nitrogens with two attached hydrogens (primary N) is 1. The maximum absolute atomic E-state index is 13.3. The van der Waals surface area contributed by atoms with Crippen LogP contribution in [0.1, 0.15) is 36.5 Å². The lowest BCUT2D eigenvalue weighted by molar-refractivity contribution is -0.127. The average Bonchev–Trinajstić information content (AvgIpc) is 2.79. The molecule has 1 saturated carbocycles. The zero-order valence-electron chi connectivity index (χ0n) is 17.2. The Labute approximate surface area is 181 Å². The lowest BCUT2D eigenvalue weighted by Gasteiger charge is -2.39. The molecule has 31 heavy (non-hydrogen) atoms. The summed E-state index contributed by atoms with van der Waals surface area (Å²) in [7, 11) is 0. The van der Waals surface area contributed by atoms with Crippen molar-refractivity contribution in [2.45, 2.75) is 30.9 Å². The predicted octanol–water partition coefficient (Wildman–Crippen LogP) is 3.55. The van der Waals surface area contributed by atoms with Crippen molar-refractivity contribution in [2.24, 2.45) is 5.73 Å². The van der Waals surface area contributed by atoms with Crippen molar-refractivity contribution in [3.63, 3.8) is 0 Å². The first kappa shape index (κ1) is 19.7. The molecule has 0 radical (unpaired) electrons. The van der Waals surface area contributed by atoms with E-state index in [2.05, 4.69) is 4.98 Å². The molecule has 1 fully saturated rings. The monoisotopic (exact) mass is 415 g/mol. The number of rotatable bonds is 5. The standard InChI is InChI=1S/C25H25N3O3/c26-25(11-4-12-25)20-9-7-18(8-10-20)22-24(30)28(13-14-29)21-15-19(16-27-23(21)31-22)17-5-2-1-3-6-17/h1-3,5-10,15-16,22,29H,4,11-14,26H2. The van der Waals surface area contributed by atoms with E-state index in [-0.39, 0.29) is 24.6 Å². The van der Waals surface area contributed by atoms with Crippen molar-refractivity contribution in [3.8, 4) is 17.0 Å². The number of anilines is 1. The molecule has 0 spiro atoms. The average molecular weight is 415 g/mol. The number of pyridine rings is 1. The van der Waals surface area contributed by atoms with Crippen LogP contribution < -0.4 is 15.4 Å². The number of β-amino-alcohol motifs (C(OH)–C–C–N with tert-alkyl or cyclic N) is 1. The van der Waals surface area contributed by atoms with Gasteiger partial charge in [0.25, 0.3) is 5.91 Å². The van der Waals surface area contributed by atoms with Crippen molar-refractivity contribution >= 4 is 11.6 Å². The first-order valence-corrected chi connectivity index (χ1v) is 10.6. The summed E-state index contributed by atoms with van der Waals surface area (Å²) in [4.78, 5) is 19.4. The number of fused-ring (bicyclic) bond motifs is 1. The number of aliphatic hydroxyl groups excluding tert-OH is 1. The Balaban J connectivity index is 1.48. The number of nitrogens with zero attached hydrogens (tertiary/aromatic N) is 2. The number of ether oxygens (including phenoxy) is 1. The van der Waals surface area contributed by atoms with Gasteiger partial charge in [0.15, 0.2) is 0 Å². The van der Waals surface area contributed by atoms with Crippen LogP contribution in [0.15, 0.2) is 66.9 Å². The van der Waals surface area contributed by atoms with Crippen LogP contribution in [0.25, 0.3) is 11.1 Å². The SMILES string of the molecule is NC1(c2ccc(C3Oc4ncc(-c5ccccc5)cc4N(CCO)C3=O)cc2)CCC1. The lowest BCUT2D eigenvalue weighted by atomic mass is 9.72. The summed E-state index contributed by atoms with van der Waals surface area (Å²) in [6.07, 6.45) is 4.05. The first-order chi connectivity index (χ1) is 15.1. The molecule has 6 nitrogen and oxygen atoms in total. The molecule has 1 amide bonds. The molecule has 3 aromatic rings. The van der Waals surface area contributed by atoms with E-state index in [4.69, 9.17) is 10.5 Å². The van der Waals surface area contributed by atoms with Gasteiger partial charge < -0.3 is 20.5 Å². The predicted molar refractivity (Wildman–Crippen MR) is 119 cm³/mol. The van der Waals surface area contributed by atoms with Gasteiger partial charge in [0.2, 0.25) is 12.0 Å². The molecular weight excluding hydrogens is 390 g/mol. The fourth-order valence-corrected chi connectivity index (χ4v) is 4.31. The highest BCUT2D eigenvalue weighted by Crippen LogP contribution is 2.41. The maximum atomic E-state index is 13.3. The Kier molecular flexibility index (Phi) is 4.96. The maximum Gasteiger partial charge on any atom is 0.273 e. The molecule has 2 aliphatic rings. The highest BCUT2D eigenvalue weighted by molar-refractivity contribution is 6.00. The Morgan fingerprint density at radius 2 is 1.84 bits per heavy atom. The van der Waals surface area contributed by atoms with Gasteiger partial charge in [-0.05, 0) is 36.5 Å². The van der Waals surface area contributed by atoms with Crippen LogP contribution >= 0.6 is 0 Å². The largest absolute Gasteiger partial charge is 0.458 e. The van der Waals surface area contributed by atoms with Crippen LogP contribution in [0.2, 0.25) is 0 Å². The van der Waals surface area contributed by atoms with Crippen molar-refractivity contribution < 1.29 is 14.6 Å². The third-order valence-corrected chi connectivity index (χ3v) is 6.31. The van der Waals surface area contributed by atoms with Crippen LogP contribution in [0.5, 0.6) is 5.88 Å². The number of carbonyl (C=O) groups excluding carboxylic acids is 1. The van der Waals surface area contributed by atoms with E-state index in [1.807, 2.05) is 60.7 Å². The van der Waals surface area contributed by atoms with Crippen LogP contribution in [0.3, 0.4) is 0 Å². The third kappa shape index (κ3) is 3.48. The van der Waals surface area contributed by atoms with Crippen molar-refractivity contribution in [3.05, 3.63) is 78.0 Å². The number of amides is 1. The number of carbonyl (C=O) groups is 1.